The van der Waals surface area contributed by atoms with Gasteiger partial charge in [-0.15, -0.1) is 0 Å². The van der Waals surface area contributed by atoms with Gasteiger partial charge in [0.1, 0.15) is 5.75 Å². The number of amides is 2. The number of rotatable bonds is 4. The van der Waals surface area contributed by atoms with Crippen LogP contribution in [0.15, 0.2) is 48.5 Å². The van der Waals surface area contributed by atoms with Gasteiger partial charge in [0, 0.05) is 17.3 Å². The van der Waals surface area contributed by atoms with Gasteiger partial charge in [-0.2, -0.15) is 0 Å². The van der Waals surface area contributed by atoms with Gasteiger partial charge in [-0.25, -0.2) is 4.79 Å². The van der Waals surface area contributed by atoms with E-state index >= 15 is 0 Å². The average Bonchev–Trinajstić information content (AvgIpc) is 2.41. The number of urea groups is 1. The van der Waals surface area contributed by atoms with Gasteiger partial charge < -0.3 is 15.7 Å². The van der Waals surface area contributed by atoms with E-state index in [1.807, 2.05) is 12.1 Å². The van der Waals surface area contributed by atoms with Crippen LogP contribution in [0.5, 0.6) is 5.75 Å². The minimum Gasteiger partial charge on any atom is -0.508 e. The molecule has 0 saturated heterocycles. The number of anilines is 1. The third-order valence-electron chi connectivity index (χ3n) is 2.72. The van der Waals surface area contributed by atoms with E-state index < -0.39 is 0 Å². The molecule has 0 aromatic heterocycles. The van der Waals surface area contributed by atoms with Gasteiger partial charge in [-0.1, -0.05) is 29.8 Å². The Hall–Kier alpha value is -2.20. The average molecular weight is 291 g/mol. The fourth-order valence-corrected chi connectivity index (χ4v) is 1.91. The van der Waals surface area contributed by atoms with E-state index in [9.17, 15) is 4.79 Å². The molecule has 0 aliphatic heterocycles. The summed E-state index contributed by atoms with van der Waals surface area (Å²) < 4.78 is 0. The molecule has 2 amide bonds. The number of carbonyl (C=O) groups is 1. The van der Waals surface area contributed by atoms with E-state index in [1.165, 1.54) is 0 Å². The monoisotopic (exact) mass is 290 g/mol. The fourth-order valence-electron chi connectivity index (χ4n) is 1.72. The van der Waals surface area contributed by atoms with Crippen molar-refractivity contribution in [3.05, 3.63) is 59.1 Å². The van der Waals surface area contributed by atoms with Crippen LogP contribution < -0.4 is 10.6 Å². The summed E-state index contributed by atoms with van der Waals surface area (Å²) in [7, 11) is 0. The second-order valence-corrected chi connectivity index (χ2v) is 4.74. The number of hydrogen-bond acceptors (Lipinski definition) is 2. The Kier molecular flexibility index (Phi) is 4.85. The highest BCUT2D eigenvalue weighted by Gasteiger charge is 2.01. The molecule has 0 aliphatic carbocycles. The molecule has 0 unspecified atom stereocenters. The summed E-state index contributed by atoms with van der Waals surface area (Å²) in [5.74, 6) is 0.236. The maximum absolute atomic E-state index is 11.7. The van der Waals surface area contributed by atoms with Crippen molar-refractivity contribution in [2.75, 3.05) is 11.9 Å². The highest BCUT2D eigenvalue weighted by Crippen LogP contribution is 2.14. The fraction of sp³-hybridized carbons (Fsp3) is 0.133. The first kappa shape index (κ1) is 14.2. The van der Waals surface area contributed by atoms with E-state index in [0.717, 1.165) is 5.56 Å². The minimum absolute atomic E-state index is 0.236. The molecular weight excluding hydrogens is 276 g/mol. The third-order valence-corrected chi connectivity index (χ3v) is 2.95. The number of phenols is 1. The molecule has 0 fully saturated rings. The maximum Gasteiger partial charge on any atom is 0.319 e. The highest BCUT2D eigenvalue weighted by atomic mass is 35.5. The van der Waals surface area contributed by atoms with Crippen LogP contribution in [0.2, 0.25) is 5.02 Å². The van der Waals surface area contributed by atoms with Crippen LogP contribution in [0, 0.1) is 0 Å². The summed E-state index contributed by atoms with van der Waals surface area (Å²) in [6.07, 6.45) is 0.698. The molecule has 2 aromatic carbocycles. The molecule has 2 rings (SSSR count). The van der Waals surface area contributed by atoms with Crippen LogP contribution >= 0.6 is 11.6 Å². The zero-order valence-electron chi connectivity index (χ0n) is 10.8. The summed E-state index contributed by atoms with van der Waals surface area (Å²) in [5, 5.41) is 15.2. The highest BCUT2D eigenvalue weighted by molar-refractivity contribution is 6.30. The molecule has 0 aliphatic rings. The second kappa shape index (κ2) is 6.82. The molecular formula is C15H15ClN2O2. The molecule has 0 spiro atoms. The standard InChI is InChI=1S/C15H15ClN2O2/c16-12-2-1-3-13(10-12)18-15(20)17-9-8-11-4-6-14(19)7-5-11/h1-7,10,19H,8-9H2,(H2,17,18,20). The first-order chi connectivity index (χ1) is 9.63. The van der Waals surface area contributed by atoms with Crippen molar-refractivity contribution in [2.24, 2.45) is 0 Å². The molecule has 2 aromatic rings. The lowest BCUT2D eigenvalue weighted by Crippen LogP contribution is -2.30. The normalized spacial score (nSPS) is 10.1. The number of halogens is 1. The van der Waals surface area contributed by atoms with E-state index in [4.69, 9.17) is 16.7 Å². The Morgan fingerprint density at radius 1 is 1.15 bits per heavy atom. The first-order valence-electron chi connectivity index (χ1n) is 6.22. The summed E-state index contributed by atoms with van der Waals surface area (Å²) in [5.41, 5.74) is 1.70. The molecule has 0 radical (unpaired) electrons. The van der Waals surface area contributed by atoms with Crippen molar-refractivity contribution in [1.82, 2.24) is 5.32 Å². The lowest BCUT2D eigenvalue weighted by atomic mass is 10.1. The van der Waals surface area contributed by atoms with E-state index in [0.29, 0.717) is 23.7 Å². The van der Waals surface area contributed by atoms with Gasteiger partial charge in [0.15, 0.2) is 0 Å². The smallest absolute Gasteiger partial charge is 0.319 e. The predicted octanol–water partition coefficient (Wildman–Crippen LogP) is 3.41. The summed E-state index contributed by atoms with van der Waals surface area (Å²) in [6.45, 7) is 0.511. The van der Waals surface area contributed by atoms with E-state index in [2.05, 4.69) is 10.6 Å². The molecule has 3 N–H and O–H groups in total. The first-order valence-corrected chi connectivity index (χ1v) is 6.59. The summed E-state index contributed by atoms with van der Waals surface area (Å²) in [4.78, 5) is 11.7. The van der Waals surface area contributed by atoms with Crippen LogP contribution in [0.1, 0.15) is 5.56 Å². The number of aromatic hydroxyl groups is 1. The zero-order valence-corrected chi connectivity index (χ0v) is 11.5. The molecule has 4 nitrogen and oxygen atoms in total. The summed E-state index contributed by atoms with van der Waals surface area (Å²) >= 11 is 5.83. The second-order valence-electron chi connectivity index (χ2n) is 4.31. The Bertz CT molecular complexity index is 585. The van der Waals surface area contributed by atoms with Crippen LogP contribution in [0.3, 0.4) is 0 Å². The molecule has 104 valence electrons. The SMILES string of the molecule is O=C(NCCc1ccc(O)cc1)Nc1cccc(Cl)c1. The van der Waals surface area contributed by atoms with Gasteiger partial charge >= 0.3 is 6.03 Å². The van der Waals surface area contributed by atoms with Crippen molar-refractivity contribution < 1.29 is 9.90 Å². The quantitative estimate of drug-likeness (QED) is 0.808. The van der Waals surface area contributed by atoms with Crippen molar-refractivity contribution >= 4 is 23.3 Å². The molecule has 0 atom stereocenters. The minimum atomic E-state index is -0.272. The number of carbonyl (C=O) groups excluding carboxylic acids is 1. The van der Waals surface area contributed by atoms with Gasteiger partial charge in [0.2, 0.25) is 0 Å². The van der Waals surface area contributed by atoms with Gasteiger partial charge in [-0.3, -0.25) is 0 Å². The largest absolute Gasteiger partial charge is 0.508 e. The third kappa shape index (κ3) is 4.48. The predicted molar refractivity (Wildman–Crippen MR) is 80.3 cm³/mol. The Labute approximate surface area is 122 Å². The molecule has 0 heterocycles. The molecule has 0 bridgehead atoms. The topological polar surface area (TPSA) is 61.4 Å². The Balaban J connectivity index is 1.76. The van der Waals surface area contributed by atoms with Crippen molar-refractivity contribution in [2.45, 2.75) is 6.42 Å². The van der Waals surface area contributed by atoms with Crippen LogP contribution in [-0.2, 0) is 6.42 Å². The van der Waals surface area contributed by atoms with Gasteiger partial charge in [0.25, 0.3) is 0 Å². The van der Waals surface area contributed by atoms with Crippen molar-refractivity contribution in [1.29, 1.82) is 0 Å². The molecule has 20 heavy (non-hydrogen) atoms. The van der Waals surface area contributed by atoms with Gasteiger partial charge in [0.05, 0.1) is 0 Å². The van der Waals surface area contributed by atoms with Gasteiger partial charge in [-0.05, 0) is 42.3 Å². The molecule has 5 heteroatoms. The number of nitrogens with one attached hydrogen (secondary N) is 2. The number of benzene rings is 2. The zero-order chi connectivity index (χ0) is 14.4. The van der Waals surface area contributed by atoms with Crippen LogP contribution in [-0.4, -0.2) is 17.7 Å². The van der Waals surface area contributed by atoms with Crippen LogP contribution in [0.4, 0.5) is 10.5 Å². The lowest BCUT2D eigenvalue weighted by molar-refractivity contribution is 0.252. The maximum atomic E-state index is 11.7. The number of phenolic OH excluding ortho intramolecular Hbond substituents is 1. The Morgan fingerprint density at radius 2 is 1.90 bits per heavy atom. The van der Waals surface area contributed by atoms with Crippen LogP contribution in [0.25, 0.3) is 0 Å². The van der Waals surface area contributed by atoms with E-state index in [-0.39, 0.29) is 11.8 Å². The van der Waals surface area contributed by atoms with Crippen molar-refractivity contribution in [3.8, 4) is 5.75 Å². The van der Waals surface area contributed by atoms with E-state index in [1.54, 1.807) is 36.4 Å². The Morgan fingerprint density at radius 3 is 2.60 bits per heavy atom. The number of hydrogen-bond donors (Lipinski definition) is 3. The van der Waals surface area contributed by atoms with Crippen molar-refractivity contribution in [3.63, 3.8) is 0 Å². The lowest BCUT2D eigenvalue weighted by Gasteiger charge is -2.08. The molecule has 0 saturated carbocycles. The summed E-state index contributed by atoms with van der Waals surface area (Å²) in [6, 6.07) is 13.6.